The van der Waals surface area contributed by atoms with Crippen LogP contribution in [0.1, 0.15) is 36.9 Å². The van der Waals surface area contributed by atoms with E-state index < -0.39 is 12.3 Å². The summed E-state index contributed by atoms with van der Waals surface area (Å²) in [4.78, 5) is 25.0. The minimum absolute atomic E-state index is 0.0268. The number of nitrogens with one attached hydrogen (secondary N) is 2. The number of halogens is 2. The van der Waals surface area contributed by atoms with Crippen molar-refractivity contribution in [1.82, 2.24) is 20.4 Å². The summed E-state index contributed by atoms with van der Waals surface area (Å²) in [6.45, 7) is 3.12. The van der Waals surface area contributed by atoms with Gasteiger partial charge in [-0.2, -0.15) is 13.9 Å². The smallest absolute Gasteiger partial charge is 0.315 e. The van der Waals surface area contributed by atoms with Crippen LogP contribution >= 0.6 is 0 Å². The van der Waals surface area contributed by atoms with E-state index in [0.29, 0.717) is 25.4 Å². The van der Waals surface area contributed by atoms with E-state index in [-0.39, 0.29) is 24.3 Å². The van der Waals surface area contributed by atoms with Crippen LogP contribution in [0.2, 0.25) is 0 Å². The largest absolute Gasteiger partial charge is 0.355 e. The van der Waals surface area contributed by atoms with Crippen LogP contribution in [-0.2, 0) is 16.0 Å². The molecule has 0 saturated carbocycles. The first-order chi connectivity index (χ1) is 11.5. The van der Waals surface area contributed by atoms with Crippen molar-refractivity contribution in [1.29, 1.82) is 0 Å². The summed E-state index contributed by atoms with van der Waals surface area (Å²) in [7, 11) is 0. The van der Waals surface area contributed by atoms with Gasteiger partial charge in [0.25, 0.3) is 5.91 Å². The number of amides is 2. The second kappa shape index (κ2) is 6.86. The molecule has 0 bridgehead atoms. The van der Waals surface area contributed by atoms with Gasteiger partial charge in [-0.1, -0.05) is 6.92 Å². The Labute approximate surface area is 139 Å². The minimum atomic E-state index is -2.96. The quantitative estimate of drug-likeness (QED) is 0.867. The monoisotopic (exact) mass is 340 g/mol. The molecular weight excluding hydrogens is 318 g/mol. The molecule has 1 aliphatic heterocycles. The number of nitrogens with zero attached hydrogens (tertiary/aromatic N) is 2. The van der Waals surface area contributed by atoms with Gasteiger partial charge in [-0.05, 0) is 36.7 Å². The molecule has 2 heterocycles. The van der Waals surface area contributed by atoms with Gasteiger partial charge in [0, 0.05) is 19.6 Å². The van der Waals surface area contributed by atoms with E-state index in [1.165, 1.54) is 4.90 Å². The molecule has 2 N–H and O–H groups in total. The van der Waals surface area contributed by atoms with Crippen LogP contribution in [0.15, 0.2) is 6.20 Å². The summed E-state index contributed by atoms with van der Waals surface area (Å²) < 4.78 is 24.9. The number of aromatic amines is 1. The molecule has 3 unspecified atom stereocenters. The molecule has 24 heavy (non-hydrogen) atoms. The zero-order chi connectivity index (χ0) is 17.3. The van der Waals surface area contributed by atoms with Crippen molar-refractivity contribution < 1.29 is 18.4 Å². The van der Waals surface area contributed by atoms with Gasteiger partial charge in [0.15, 0.2) is 0 Å². The highest BCUT2D eigenvalue weighted by atomic mass is 19.3. The van der Waals surface area contributed by atoms with Crippen LogP contribution in [0.25, 0.3) is 0 Å². The highest BCUT2D eigenvalue weighted by Crippen LogP contribution is 2.33. The fourth-order valence-corrected chi connectivity index (χ4v) is 3.71. The Morgan fingerprint density at radius 3 is 3.04 bits per heavy atom. The van der Waals surface area contributed by atoms with Crippen LogP contribution in [0.5, 0.6) is 0 Å². The number of carbonyl (C=O) groups excluding carboxylic acids is 2. The molecule has 6 nitrogen and oxygen atoms in total. The predicted molar refractivity (Wildman–Crippen MR) is 82.5 cm³/mol. The Bertz CT molecular complexity index is 619. The van der Waals surface area contributed by atoms with Gasteiger partial charge >= 0.3 is 6.43 Å². The van der Waals surface area contributed by atoms with Crippen molar-refractivity contribution in [2.24, 2.45) is 11.8 Å². The van der Waals surface area contributed by atoms with E-state index in [1.54, 1.807) is 6.20 Å². The molecule has 132 valence electrons. The number of carbonyl (C=O) groups is 2. The van der Waals surface area contributed by atoms with Gasteiger partial charge in [-0.15, -0.1) is 0 Å². The van der Waals surface area contributed by atoms with Crippen LogP contribution in [0.3, 0.4) is 0 Å². The average molecular weight is 340 g/mol. The lowest BCUT2D eigenvalue weighted by molar-refractivity contribution is -0.141. The average Bonchev–Trinajstić information content (AvgIpc) is 3.19. The SMILES string of the molecule is CC1Cc2cn[nH]c2C(C(=O)NCC2CCN(C(=O)C(F)F)C2)C1. The molecule has 1 aromatic rings. The second-order valence-corrected chi connectivity index (χ2v) is 6.89. The number of hydrogen-bond acceptors (Lipinski definition) is 3. The Kier molecular flexibility index (Phi) is 4.82. The summed E-state index contributed by atoms with van der Waals surface area (Å²) in [5, 5.41) is 9.88. The normalized spacial score (nSPS) is 26.5. The standard InChI is InChI=1S/C16H22F2N4O2/c1-9-4-11-7-20-21-13(11)12(5-9)15(23)19-6-10-2-3-22(8-10)16(24)14(17)18/h7,9-10,12,14H,2-6,8H2,1H3,(H,19,23)(H,20,21). The lowest BCUT2D eigenvalue weighted by Crippen LogP contribution is -2.38. The van der Waals surface area contributed by atoms with E-state index in [2.05, 4.69) is 22.4 Å². The highest BCUT2D eigenvalue weighted by molar-refractivity contribution is 5.84. The van der Waals surface area contributed by atoms with E-state index in [9.17, 15) is 18.4 Å². The molecular formula is C16H22F2N4O2. The summed E-state index contributed by atoms with van der Waals surface area (Å²) in [6.07, 6.45) is 1.14. The van der Waals surface area contributed by atoms with Gasteiger partial charge in [0.1, 0.15) is 0 Å². The summed E-state index contributed by atoms with van der Waals surface area (Å²) in [5.74, 6) is -0.987. The molecule has 8 heteroatoms. The number of fused-ring (bicyclic) bond motifs is 1. The number of aromatic nitrogens is 2. The molecule has 0 spiro atoms. The Balaban J connectivity index is 1.53. The summed E-state index contributed by atoms with van der Waals surface area (Å²) in [5.41, 5.74) is 1.97. The van der Waals surface area contributed by atoms with Crippen molar-refractivity contribution in [3.63, 3.8) is 0 Å². The first-order valence-electron chi connectivity index (χ1n) is 8.32. The molecule has 3 atom stereocenters. The van der Waals surface area contributed by atoms with Crippen LogP contribution in [-0.4, -0.2) is 53.0 Å². The zero-order valence-corrected chi connectivity index (χ0v) is 13.6. The fraction of sp³-hybridized carbons (Fsp3) is 0.688. The fourth-order valence-electron chi connectivity index (χ4n) is 3.71. The van der Waals surface area contributed by atoms with Gasteiger partial charge in [0.05, 0.1) is 17.8 Å². The van der Waals surface area contributed by atoms with Crippen molar-refractivity contribution in [2.75, 3.05) is 19.6 Å². The van der Waals surface area contributed by atoms with Gasteiger partial charge in [0.2, 0.25) is 5.91 Å². The summed E-state index contributed by atoms with van der Waals surface area (Å²) in [6, 6.07) is 0. The molecule has 1 aromatic heterocycles. The molecule has 1 saturated heterocycles. The second-order valence-electron chi connectivity index (χ2n) is 6.89. The van der Waals surface area contributed by atoms with Crippen molar-refractivity contribution in [3.05, 3.63) is 17.5 Å². The Morgan fingerprint density at radius 2 is 2.29 bits per heavy atom. The maximum absolute atomic E-state index is 12.5. The predicted octanol–water partition coefficient (Wildman–Crippen LogP) is 1.31. The van der Waals surface area contributed by atoms with E-state index in [4.69, 9.17) is 0 Å². The number of alkyl halides is 2. The molecule has 3 rings (SSSR count). The Morgan fingerprint density at radius 1 is 1.50 bits per heavy atom. The maximum atomic E-state index is 12.5. The van der Waals surface area contributed by atoms with E-state index in [0.717, 1.165) is 24.1 Å². The van der Waals surface area contributed by atoms with Gasteiger partial charge in [-0.25, -0.2) is 0 Å². The first-order valence-corrected chi connectivity index (χ1v) is 8.32. The van der Waals surface area contributed by atoms with Crippen LogP contribution < -0.4 is 5.32 Å². The molecule has 1 fully saturated rings. The van der Waals surface area contributed by atoms with Crippen molar-refractivity contribution in [2.45, 2.75) is 38.5 Å². The third-order valence-electron chi connectivity index (χ3n) is 4.97. The number of rotatable bonds is 4. The molecule has 1 aliphatic carbocycles. The first kappa shape index (κ1) is 16.9. The Hall–Kier alpha value is -1.99. The van der Waals surface area contributed by atoms with Gasteiger partial charge < -0.3 is 10.2 Å². The van der Waals surface area contributed by atoms with Crippen LogP contribution in [0, 0.1) is 11.8 Å². The minimum Gasteiger partial charge on any atom is -0.355 e. The van der Waals surface area contributed by atoms with Gasteiger partial charge in [-0.3, -0.25) is 14.7 Å². The molecule has 0 radical (unpaired) electrons. The lowest BCUT2D eigenvalue weighted by atomic mass is 9.81. The lowest BCUT2D eigenvalue weighted by Gasteiger charge is -2.26. The topological polar surface area (TPSA) is 78.1 Å². The zero-order valence-electron chi connectivity index (χ0n) is 13.6. The van der Waals surface area contributed by atoms with E-state index in [1.807, 2.05) is 0 Å². The highest BCUT2D eigenvalue weighted by Gasteiger charge is 2.34. The molecule has 2 amide bonds. The van der Waals surface area contributed by atoms with Crippen LogP contribution in [0.4, 0.5) is 8.78 Å². The maximum Gasteiger partial charge on any atom is 0.315 e. The number of hydrogen-bond donors (Lipinski definition) is 2. The third kappa shape index (κ3) is 3.42. The van der Waals surface area contributed by atoms with Crippen molar-refractivity contribution in [3.8, 4) is 0 Å². The molecule has 0 aromatic carbocycles. The number of H-pyrrole nitrogens is 1. The van der Waals surface area contributed by atoms with Crippen molar-refractivity contribution >= 4 is 11.8 Å². The third-order valence-corrected chi connectivity index (χ3v) is 4.97. The van der Waals surface area contributed by atoms with E-state index >= 15 is 0 Å². The molecule has 2 aliphatic rings. The summed E-state index contributed by atoms with van der Waals surface area (Å²) >= 11 is 0. The number of likely N-dealkylation sites (tertiary alicyclic amines) is 1.